The van der Waals surface area contributed by atoms with Crippen LogP contribution in [0.25, 0.3) is 10.2 Å². The number of ether oxygens (including phenoxy) is 1. The average molecular weight is 280 g/mol. The van der Waals surface area contributed by atoms with Crippen LogP contribution in [0.15, 0.2) is 18.2 Å². The molecule has 0 saturated carbocycles. The van der Waals surface area contributed by atoms with Crippen LogP contribution in [0.3, 0.4) is 0 Å². The minimum atomic E-state index is -0.992. The summed E-state index contributed by atoms with van der Waals surface area (Å²) in [6, 6.07) is 4.63. The molecule has 1 amide bonds. The van der Waals surface area contributed by atoms with Crippen LogP contribution in [0.4, 0.5) is 5.13 Å². The van der Waals surface area contributed by atoms with Crippen molar-refractivity contribution in [3.63, 3.8) is 0 Å². The standard InChI is InChI=1S/C12H12N2O4S/c1-6(18-2)10(15)14-12-13-8-4-3-7(11(16)17)5-9(8)19-12/h3-6H,1-2H3,(H,16,17)(H,13,14,15). The molecule has 1 aromatic carbocycles. The first-order chi connectivity index (χ1) is 9.01. The number of carboxylic acids is 1. The van der Waals surface area contributed by atoms with Gasteiger partial charge in [-0.05, 0) is 25.1 Å². The number of fused-ring (bicyclic) bond motifs is 1. The number of hydrogen-bond acceptors (Lipinski definition) is 5. The van der Waals surface area contributed by atoms with E-state index in [1.165, 1.54) is 30.6 Å². The summed E-state index contributed by atoms with van der Waals surface area (Å²) < 4.78 is 5.60. The van der Waals surface area contributed by atoms with Gasteiger partial charge in [-0.3, -0.25) is 10.1 Å². The van der Waals surface area contributed by atoms with Crippen molar-refractivity contribution in [3.05, 3.63) is 23.8 Å². The van der Waals surface area contributed by atoms with E-state index in [4.69, 9.17) is 9.84 Å². The molecule has 7 heteroatoms. The Kier molecular flexibility index (Phi) is 3.77. The molecule has 1 unspecified atom stereocenters. The number of hydrogen-bond donors (Lipinski definition) is 2. The fraction of sp³-hybridized carbons (Fsp3) is 0.250. The summed E-state index contributed by atoms with van der Waals surface area (Å²) in [4.78, 5) is 26.7. The zero-order chi connectivity index (χ0) is 14.0. The van der Waals surface area contributed by atoms with Crippen molar-refractivity contribution in [1.29, 1.82) is 0 Å². The van der Waals surface area contributed by atoms with Crippen LogP contribution < -0.4 is 5.32 Å². The number of carbonyl (C=O) groups is 2. The van der Waals surface area contributed by atoms with Crippen LogP contribution in [-0.2, 0) is 9.53 Å². The number of carbonyl (C=O) groups excluding carboxylic acids is 1. The van der Waals surface area contributed by atoms with Crippen molar-refractivity contribution in [1.82, 2.24) is 4.98 Å². The zero-order valence-corrected chi connectivity index (χ0v) is 11.2. The summed E-state index contributed by atoms with van der Waals surface area (Å²) in [6.07, 6.45) is -0.568. The van der Waals surface area contributed by atoms with Gasteiger partial charge in [-0.25, -0.2) is 9.78 Å². The molecule has 2 rings (SSSR count). The molecule has 1 atom stereocenters. The van der Waals surface area contributed by atoms with Gasteiger partial charge in [0.25, 0.3) is 5.91 Å². The third kappa shape index (κ3) is 2.88. The van der Waals surface area contributed by atoms with Gasteiger partial charge in [0.15, 0.2) is 5.13 Å². The van der Waals surface area contributed by atoms with Crippen LogP contribution in [0.2, 0.25) is 0 Å². The molecule has 2 N–H and O–H groups in total. The van der Waals surface area contributed by atoms with Gasteiger partial charge in [0.2, 0.25) is 0 Å². The van der Waals surface area contributed by atoms with Crippen molar-refractivity contribution < 1.29 is 19.4 Å². The minimum Gasteiger partial charge on any atom is -0.478 e. The van der Waals surface area contributed by atoms with Gasteiger partial charge < -0.3 is 9.84 Å². The Bertz CT molecular complexity index is 638. The molecule has 0 bridgehead atoms. The van der Waals surface area contributed by atoms with Gasteiger partial charge in [0.05, 0.1) is 15.8 Å². The second kappa shape index (κ2) is 5.33. The summed E-state index contributed by atoms with van der Waals surface area (Å²) in [6.45, 7) is 1.63. The number of methoxy groups -OCH3 is 1. The molecule has 0 fully saturated rings. The lowest BCUT2D eigenvalue weighted by Crippen LogP contribution is -2.26. The topological polar surface area (TPSA) is 88.5 Å². The van der Waals surface area contributed by atoms with Gasteiger partial charge in [-0.15, -0.1) is 0 Å². The van der Waals surface area contributed by atoms with E-state index in [1.807, 2.05) is 0 Å². The second-order valence-electron chi connectivity index (χ2n) is 3.87. The van der Waals surface area contributed by atoms with E-state index >= 15 is 0 Å². The maximum absolute atomic E-state index is 11.6. The molecule has 0 spiro atoms. The van der Waals surface area contributed by atoms with Crippen molar-refractivity contribution in [2.75, 3.05) is 12.4 Å². The van der Waals surface area contributed by atoms with Crippen LogP contribution in [0.1, 0.15) is 17.3 Å². The predicted octanol–water partition coefficient (Wildman–Crippen LogP) is 1.97. The summed E-state index contributed by atoms with van der Waals surface area (Å²) in [5.74, 6) is -1.28. The number of amides is 1. The molecule has 19 heavy (non-hydrogen) atoms. The highest BCUT2D eigenvalue weighted by molar-refractivity contribution is 7.22. The van der Waals surface area contributed by atoms with E-state index in [9.17, 15) is 9.59 Å². The van der Waals surface area contributed by atoms with E-state index in [2.05, 4.69) is 10.3 Å². The van der Waals surface area contributed by atoms with Gasteiger partial charge in [-0.1, -0.05) is 11.3 Å². The van der Waals surface area contributed by atoms with Crippen molar-refractivity contribution in [3.8, 4) is 0 Å². The second-order valence-corrected chi connectivity index (χ2v) is 4.90. The fourth-order valence-electron chi connectivity index (χ4n) is 1.43. The number of aromatic nitrogens is 1. The third-order valence-corrected chi connectivity index (χ3v) is 3.52. The average Bonchev–Trinajstić information content (AvgIpc) is 2.78. The first-order valence-electron chi connectivity index (χ1n) is 5.49. The zero-order valence-electron chi connectivity index (χ0n) is 10.3. The maximum atomic E-state index is 11.6. The predicted molar refractivity (Wildman–Crippen MR) is 71.7 cm³/mol. The van der Waals surface area contributed by atoms with E-state index < -0.39 is 12.1 Å². The van der Waals surface area contributed by atoms with Crippen molar-refractivity contribution in [2.45, 2.75) is 13.0 Å². The first kappa shape index (κ1) is 13.4. The third-order valence-electron chi connectivity index (χ3n) is 2.59. The molecule has 6 nitrogen and oxygen atoms in total. The van der Waals surface area contributed by atoms with Crippen LogP contribution in [-0.4, -0.2) is 35.2 Å². The van der Waals surface area contributed by atoms with Crippen molar-refractivity contribution in [2.24, 2.45) is 0 Å². The lowest BCUT2D eigenvalue weighted by atomic mass is 10.2. The number of carboxylic acid groups (broad SMARTS) is 1. The molecule has 0 aliphatic carbocycles. The van der Waals surface area contributed by atoms with E-state index in [-0.39, 0.29) is 11.5 Å². The van der Waals surface area contributed by atoms with Gasteiger partial charge in [0, 0.05) is 7.11 Å². The number of nitrogens with zero attached hydrogens (tertiary/aromatic N) is 1. The monoisotopic (exact) mass is 280 g/mol. The molecule has 0 aliphatic rings. The Morgan fingerprint density at radius 3 is 2.84 bits per heavy atom. The summed E-state index contributed by atoms with van der Waals surface area (Å²) >= 11 is 1.22. The molecule has 1 aromatic heterocycles. The van der Waals surface area contributed by atoms with Crippen molar-refractivity contribution >= 4 is 38.6 Å². The summed E-state index contributed by atoms with van der Waals surface area (Å²) in [5.41, 5.74) is 0.842. The SMILES string of the molecule is COC(C)C(=O)Nc1nc2ccc(C(=O)O)cc2s1. The highest BCUT2D eigenvalue weighted by Gasteiger charge is 2.14. The van der Waals surface area contributed by atoms with Gasteiger partial charge >= 0.3 is 5.97 Å². The number of nitrogens with one attached hydrogen (secondary N) is 1. The molecule has 0 aliphatic heterocycles. The Morgan fingerprint density at radius 2 is 2.21 bits per heavy atom. The first-order valence-corrected chi connectivity index (χ1v) is 6.30. The van der Waals surface area contributed by atoms with Gasteiger partial charge in [0.1, 0.15) is 6.10 Å². The molecule has 2 aromatic rings. The number of rotatable bonds is 4. The Labute approximate surface area is 113 Å². The van der Waals surface area contributed by atoms with Gasteiger partial charge in [-0.2, -0.15) is 0 Å². The smallest absolute Gasteiger partial charge is 0.335 e. The lowest BCUT2D eigenvalue weighted by molar-refractivity contribution is -0.124. The van der Waals surface area contributed by atoms with Crippen LogP contribution in [0, 0.1) is 0 Å². The quantitative estimate of drug-likeness (QED) is 0.893. The summed E-state index contributed by atoms with van der Waals surface area (Å²) in [5, 5.41) is 11.9. The molecular weight excluding hydrogens is 268 g/mol. The number of benzene rings is 1. The highest BCUT2D eigenvalue weighted by Crippen LogP contribution is 2.27. The van der Waals surface area contributed by atoms with E-state index in [1.54, 1.807) is 13.0 Å². The molecule has 0 radical (unpaired) electrons. The number of thiazole rings is 1. The van der Waals surface area contributed by atoms with Crippen LogP contribution >= 0.6 is 11.3 Å². The minimum absolute atomic E-state index is 0.194. The normalized spacial score (nSPS) is 12.3. The highest BCUT2D eigenvalue weighted by atomic mass is 32.1. The molecular formula is C12H12N2O4S. The Balaban J connectivity index is 2.26. The number of aromatic carboxylic acids is 1. The van der Waals surface area contributed by atoms with E-state index in [0.717, 1.165) is 0 Å². The Hall–Kier alpha value is -1.99. The van der Waals surface area contributed by atoms with E-state index in [0.29, 0.717) is 15.3 Å². The molecule has 1 heterocycles. The Morgan fingerprint density at radius 1 is 1.47 bits per heavy atom. The molecule has 100 valence electrons. The maximum Gasteiger partial charge on any atom is 0.335 e. The fourth-order valence-corrected chi connectivity index (χ4v) is 2.33. The lowest BCUT2D eigenvalue weighted by Gasteiger charge is -2.07. The summed E-state index contributed by atoms with van der Waals surface area (Å²) in [7, 11) is 1.45. The number of anilines is 1. The largest absolute Gasteiger partial charge is 0.478 e. The van der Waals surface area contributed by atoms with Crippen LogP contribution in [0.5, 0.6) is 0 Å². The molecule has 0 saturated heterocycles.